The maximum Gasteiger partial charge on any atom is 0.430 e. The highest BCUT2D eigenvalue weighted by Gasteiger charge is 2.28. The number of carboxylic acid groups (broad SMARTS) is 2. The Hall–Kier alpha value is -2.13. The smallest absolute Gasteiger partial charge is 0.430 e. The number of halogens is 4. The highest BCUT2D eigenvalue weighted by atomic mass is 35.5. The summed E-state index contributed by atoms with van der Waals surface area (Å²) in [7, 11) is 0. The van der Waals surface area contributed by atoms with Gasteiger partial charge in [-0.1, -0.05) is 11.6 Å². The molecule has 0 unspecified atom stereocenters. The predicted octanol–water partition coefficient (Wildman–Crippen LogP) is 0.352. The Labute approximate surface area is 120 Å². The number of benzene rings is 1. The van der Waals surface area contributed by atoms with Gasteiger partial charge in [0.05, 0.1) is 0 Å². The standard InChI is InChI=1S/C9H7ClN2O2.C2HF3O2/c10-5-1-2-6-7(3-5)12-8(11-6)4-9(13)14;3-2(4,5)1(6)7/h1-3H,4H2,(H,11,12)(H,13,14);(H,6,7). The number of quaternary nitrogens is 1. The Kier molecular flexibility index (Phi) is 5.28. The summed E-state index contributed by atoms with van der Waals surface area (Å²) in [6.07, 6.45) is -5.24. The minimum atomic E-state index is -5.19. The molecule has 0 spiro atoms. The van der Waals surface area contributed by atoms with Gasteiger partial charge in [0.2, 0.25) is 5.84 Å². The molecule has 114 valence electrons. The van der Waals surface area contributed by atoms with Crippen LogP contribution in [0, 0.1) is 0 Å². The molecule has 1 aromatic carbocycles. The van der Waals surface area contributed by atoms with E-state index >= 15 is 0 Å². The van der Waals surface area contributed by atoms with E-state index < -0.39 is 18.1 Å². The average Bonchev–Trinajstić information content (AvgIpc) is 2.68. The lowest BCUT2D eigenvalue weighted by Gasteiger charge is -2.03. The van der Waals surface area contributed by atoms with Crippen molar-refractivity contribution in [2.24, 2.45) is 4.99 Å². The third kappa shape index (κ3) is 5.40. The minimum absolute atomic E-state index is 0.0493. The van der Waals surface area contributed by atoms with Gasteiger partial charge in [0.25, 0.3) is 0 Å². The monoisotopic (exact) mass is 324 g/mol. The van der Waals surface area contributed by atoms with Crippen molar-refractivity contribution < 1.29 is 38.3 Å². The van der Waals surface area contributed by atoms with Crippen molar-refractivity contribution in [3.8, 4) is 0 Å². The summed E-state index contributed by atoms with van der Waals surface area (Å²) in [4.78, 5) is 23.4. The van der Waals surface area contributed by atoms with Crippen LogP contribution in [-0.4, -0.2) is 29.1 Å². The lowest BCUT2D eigenvalue weighted by molar-refractivity contribution is -0.440. The van der Waals surface area contributed by atoms with Crippen LogP contribution in [0.15, 0.2) is 23.2 Å². The zero-order valence-corrected chi connectivity index (χ0v) is 10.9. The van der Waals surface area contributed by atoms with Crippen molar-refractivity contribution in [2.45, 2.75) is 12.6 Å². The van der Waals surface area contributed by atoms with E-state index in [1.807, 2.05) is 0 Å². The van der Waals surface area contributed by atoms with Gasteiger partial charge in [0, 0.05) is 11.1 Å². The molecule has 0 aromatic heterocycles. The molecule has 3 N–H and O–H groups in total. The van der Waals surface area contributed by atoms with Gasteiger partial charge >= 0.3 is 12.1 Å². The molecule has 10 heteroatoms. The van der Waals surface area contributed by atoms with Gasteiger partial charge < -0.3 is 15.0 Å². The van der Waals surface area contributed by atoms with E-state index in [2.05, 4.69) is 4.99 Å². The van der Waals surface area contributed by atoms with E-state index in [1.54, 1.807) is 23.5 Å². The summed E-state index contributed by atoms with van der Waals surface area (Å²) in [5, 5.41) is 19.7. The number of alkyl halides is 3. The molecule has 0 amide bonds. The first kappa shape index (κ1) is 16.9. The first-order valence-electron chi connectivity index (χ1n) is 5.31. The van der Waals surface area contributed by atoms with E-state index in [4.69, 9.17) is 26.6 Å². The second-order valence-corrected chi connectivity index (χ2v) is 4.24. The van der Waals surface area contributed by atoms with Crippen LogP contribution in [0.1, 0.15) is 6.42 Å². The molecule has 6 nitrogen and oxygen atoms in total. The molecule has 0 fully saturated rings. The number of rotatable bonds is 2. The molecule has 0 atom stereocenters. The van der Waals surface area contributed by atoms with Crippen molar-refractivity contribution in [3.63, 3.8) is 0 Å². The van der Waals surface area contributed by atoms with E-state index in [-0.39, 0.29) is 6.42 Å². The van der Waals surface area contributed by atoms with Crippen LogP contribution >= 0.6 is 11.6 Å². The molecule has 2 rings (SSSR count). The molecule has 0 radical (unpaired) electrons. The van der Waals surface area contributed by atoms with E-state index in [0.29, 0.717) is 10.9 Å². The first-order chi connectivity index (χ1) is 9.59. The minimum Gasteiger partial charge on any atom is -0.542 e. The highest BCUT2D eigenvalue weighted by Crippen LogP contribution is 2.27. The number of fused-ring (bicyclic) bond motifs is 1. The van der Waals surface area contributed by atoms with Crippen molar-refractivity contribution in [3.05, 3.63) is 23.2 Å². The second-order valence-electron chi connectivity index (χ2n) is 3.81. The molecule has 1 aliphatic heterocycles. The van der Waals surface area contributed by atoms with E-state index in [0.717, 1.165) is 11.4 Å². The number of nitrogens with zero attached hydrogens (tertiary/aromatic N) is 1. The maximum atomic E-state index is 10.5. The second kappa shape index (κ2) is 6.55. The summed E-state index contributed by atoms with van der Waals surface area (Å²) in [6, 6.07) is 5.29. The topological polar surface area (TPSA) is 106 Å². The molecule has 1 aliphatic rings. The zero-order chi connectivity index (χ0) is 16.2. The number of aliphatic carboxylic acids is 2. The molecule has 0 aliphatic carbocycles. The van der Waals surface area contributed by atoms with Gasteiger partial charge in [0.1, 0.15) is 18.1 Å². The van der Waals surface area contributed by atoms with Gasteiger partial charge in [-0.15, -0.1) is 0 Å². The number of amidine groups is 1. The van der Waals surface area contributed by atoms with Crippen LogP contribution in [-0.2, 0) is 9.59 Å². The summed E-state index contributed by atoms with van der Waals surface area (Å²) < 4.78 is 31.5. The SMILES string of the molecule is O=C(O)CC1=Nc2ccc(Cl)cc2[NH2+]1.O=C([O-])C(F)(F)F. The number of carbonyl (C=O) groups excluding carboxylic acids is 1. The zero-order valence-electron chi connectivity index (χ0n) is 10.1. The van der Waals surface area contributed by atoms with Gasteiger partial charge in [-0.2, -0.15) is 18.2 Å². The number of hydrogen-bond donors (Lipinski definition) is 2. The maximum absolute atomic E-state index is 10.5. The molecule has 1 aromatic rings. The van der Waals surface area contributed by atoms with Crippen LogP contribution in [0.25, 0.3) is 0 Å². The summed E-state index contributed by atoms with van der Waals surface area (Å²) in [6.45, 7) is 0. The van der Waals surface area contributed by atoms with Crippen LogP contribution < -0.4 is 10.4 Å². The molecular weight excluding hydrogens is 317 g/mol. The van der Waals surface area contributed by atoms with Crippen LogP contribution in [0.4, 0.5) is 24.5 Å². The van der Waals surface area contributed by atoms with E-state index in [1.165, 1.54) is 0 Å². The lowest BCUT2D eigenvalue weighted by atomic mass is 10.3. The van der Waals surface area contributed by atoms with Crippen molar-refractivity contribution in [1.82, 2.24) is 0 Å². The predicted molar refractivity (Wildman–Crippen MR) is 63.4 cm³/mol. The summed E-state index contributed by atoms with van der Waals surface area (Å²) >= 11 is 5.79. The molecule has 0 saturated heterocycles. The Bertz CT molecular complexity index is 602. The average molecular weight is 325 g/mol. The quantitative estimate of drug-likeness (QED) is 0.765. The fourth-order valence-electron chi connectivity index (χ4n) is 1.35. The normalized spacial score (nSPS) is 12.9. The van der Waals surface area contributed by atoms with Crippen LogP contribution in [0.2, 0.25) is 5.02 Å². The van der Waals surface area contributed by atoms with Gasteiger partial charge in [-0.05, 0) is 12.1 Å². The van der Waals surface area contributed by atoms with Crippen molar-refractivity contribution in [1.29, 1.82) is 0 Å². The first-order valence-corrected chi connectivity index (χ1v) is 5.69. The number of hydrogen-bond acceptors (Lipinski definition) is 4. The van der Waals surface area contributed by atoms with Crippen LogP contribution in [0.3, 0.4) is 0 Å². The van der Waals surface area contributed by atoms with Gasteiger partial charge in [0.15, 0.2) is 5.69 Å². The van der Waals surface area contributed by atoms with Crippen molar-refractivity contribution >= 4 is 40.7 Å². The molecular formula is C11H8ClF3N2O4. The number of aliphatic imine (C=N–C) groups is 1. The Morgan fingerprint density at radius 2 is 1.95 bits per heavy atom. The molecule has 0 bridgehead atoms. The van der Waals surface area contributed by atoms with Gasteiger partial charge in [-0.25, -0.2) is 0 Å². The third-order valence-corrected chi connectivity index (χ3v) is 2.37. The van der Waals surface area contributed by atoms with Crippen LogP contribution in [0.5, 0.6) is 0 Å². The lowest BCUT2D eigenvalue weighted by Crippen LogP contribution is -2.80. The summed E-state index contributed by atoms with van der Waals surface area (Å²) in [5.74, 6) is -3.32. The third-order valence-electron chi connectivity index (χ3n) is 2.14. The summed E-state index contributed by atoms with van der Waals surface area (Å²) in [5.41, 5.74) is 1.67. The fraction of sp³-hybridized carbons (Fsp3) is 0.182. The fourth-order valence-corrected chi connectivity index (χ4v) is 1.54. The number of nitrogens with two attached hydrogens (primary N) is 1. The highest BCUT2D eigenvalue weighted by molar-refractivity contribution is 6.31. The largest absolute Gasteiger partial charge is 0.542 e. The number of carbonyl (C=O) groups is 2. The Morgan fingerprint density at radius 3 is 2.43 bits per heavy atom. The Balaban J connectivity index is 0.000000270. The number of carboxylic acids is 2. The molecule has 21 heavy (non-hydrogen) atoms. The van der Waals surface area contributed by atoms with Crippen molar-refractivity contribution in [2.75, 3.05) is 0 Å². The van der Waals surface area contributed by atoms with Gasteiger partial charge in [-0.3, -0.25) is 10.1 Å². The molecule has 1 heterocycles. The Morgan fingerprint density at radius 1 is 1.38 bits per heavy atom. The van der Waals surface area contributed by atoms with E-state index in [9.17, 15) is 18.0 Å². The molecule has 0 saturated carbocycles.